The fraction of sp³-hybridized carbons (Fsp3) is 0.809. The van der Waals surface area contributed by atoms with E-state index in [4.69, 9.17) is 14.2 Å². The van der Waals surface area contributed by atoms with Crippen molar-refractivity contribution in [3.8, 4) is 0 Å². The molecular weight excluding hydrogens is 913 g/mol. The van der Waals surface area contributed by atoms with Gasteiger partial charge in [-0.25, -0.2) is 0 Å². The summed E-state index contributed by atoms with van der Waals surface area (Å²) in [6.45, 7) is 6.56. The standard InChI is InChI=1S/C68H122O6/c1-4-7-10-13-16-19-22-25-27-29-31-32-33-34-35-36-38-39-41-43-46-49-52-55-58-61-67(70)73-64-65(63-72-66(69)60-57-54-51-48-45-24-21-18-15-12-9-6-3)74-68(71)62-59-56-53-50-47-44-42-40-37-30-28-26-23-20-17-14-11-8-5-2/h8,11,17,20,26,28-29,31,37,40,65H,4-7,9-10,12-16,18-19,21-25,27,30,32-36,38-39,41-64H2,1-3H3/b11-8-,20-17-,28-26-,31-29-,40-37-. The fourth-order valence-corrected chi connectivity index (χ4v) is 9.43. The minimum absolute atomic E-state index is 0.0767. The molecule has 74 heavy (non-hydrogen) atoms. The van der Waals surface area contributed by atoms with E-state index in [9.17, 15) is 14.4 Å². The van der Waals surface area contributed by atoms with Crippen molar-refractivity contribution in [1.29, 1.82) is 0 Å². The molecule has 0 saturated carbocycles. The number of carbonyl (C=O) groups excluding carboxylic acids is 3. The van der Waals surface area contributed by atoms with Crippen LogP contribution in [0.15, 0.2) is 60.8 Å². The lowest BCUT2D eigenvalue weighted by atomic mass is 10.0. The zero-order valence-electron chi connectivity index (χ0n) is 49.4. The lowest BCUT2D eigenvalue weighted by Gasteiger charge is -2.18. The van der Waals surface area contributed by atoms with Crippen molar-refractivity contribution in [3.05, 3.63) is 60.8 Å². The highest BCUT2D eigenvalue weighted by molar-refractivity contribution is 5.71. The van der Waals surface area contributed by atoms with Gasteiger partial charge in [0.05, 0.1) is 0 Å². The Morgan fingerprint density at radius 3 is 0.838 bits per heavy atom. The Morgan fingerprint density at radius 2 is 0.527 bits per heavy atom. The van der Waals surface area contributed by atoms with Gasteiger partial charge in [0.2, 0.25) is 0 Å². The first-order chi connectivity index (χ1) is 36.5. The molecule has 1 atom stereocenters. The maximum absolute atomic E-state index is 12.9. The van der Waals surface area contributed by atoms with E-state index < -0.39 is 6.10 Å². The first-order valence-corrected chi connectivity index (χ1v) is 32.3. The van der Waals surface area contributed by atoms with Gasteiger partial charge in [0.25, 0.3) is 0 Å². The summed E-state index contributed by atoms with van der Waals surface area (Å²) in [7, 11) is 0. The van der Waals surface area contributed by atoms with Crippen LogP contribution in [0.3, 0.4) is 0 Å². The van der Waals surface area contributed by atoms with E-state index in [1.165, 1.54) is 199 Å². The molecule has 0 aliphatic heterocycles. The maximum atomic E-state index is 12.9. The summed E-state index contributed by atoms with van der Waals surface area (Å²) in [4.78, 5) is 38.3. The molecule has 0 bridgehead atoms. The van der Waals surface area contributed by atoms with Crippen molar-refractivity contribution in [2.24, 2.45) is 0 Å². The molecule has 0 heterocycles. The zero-order chi connectivity index (χ0) is 53.6. The molecule has 0 aliphatic carbocycles. The fourth-order valence-electron chi connectivity index (χ4n) is 9.43. The summed E-state index contributed by atoms with van der Waals surface area (Å²) in [5.41, 5.74) is 0. The maximum Gasteiger partial charge on any atom is 0.306 e. The molecule has 0 radical (unpaired) electrons. The lowest BCUT2D eigenvalue weighted by Crippen LogP contribution is -2.30. The summed E-state index contributed by atoms with van der Waals surface area (Å²) >= 11 is 0. The Morgan fingerprint density at radius 1 is 0.284 bits per heavy atom. The summed E-state index contributed by atoms with van der Waals surface area (Å²) in [5.74, 6) is -0.873. The minimum atomic E-state index is -0.780. The van der Waals surface area contributed by atoms with E-state index in [2.05, 4.69) is 81.5 Å². The third-order valence-electron chi connectivity index (χ3n) is 14.3. The van der Waals surface area contributed by atoms with Gasteiger partial charge in [0.1, 0.15) is 13.2 Å². The molecular formula is C68H122O6. The second kappa shape index (κ2) is 62.6. The minimum Gasteiger partial charge on any atom is -0.462 e. The van der Waals surface area contributed by atoms with Crippen molar-refractivity contribution in [2.75, 3.05) is 13.2 Å². The quantitative estimate of drug-likeness (QED) is 0.0261. The van der Waals surface area contributed by atoms with Crippen molar-refractivity contribution in [2.45, 2.75) is 341 Å². The molecule has 6 heteroatoms. The number of allylic oxidation sites excluding steroid dienone is 10. The molecule has 430 valence electrons. The Hall–Kier alpha value is -2.89. The second-order valence-electron chi connectivity index (χ2n) is 21.6. The van der Waals surface area contributed by atoms with Gasteiger partial charge < -0.3 is 14.2 Å². The van der Waals surface area contributed by atoms with Crippen LogP contribution in [0.25, 0.3) is 0 Å². The molecule has 0 aromatic heterocycles. The number of hydrogen-bond donors (Lipinski definition) is 0. The summed E-state index contributed by atoms with van der Waals surface area (Å²) in [6, 6.07) is 0. The Kier molecular flexibility index (Phi) is 60.2. The molecule has 0 N–H and O–H groups in total. The van der Waals surface area contributed by atoms with Crippen LogP contribution in [-0.4, -0.2) is 37.2 Å². The molecule has 1 unspecified atom stereocenters. The predicted octanol–water partition coefficient (Wildman–Crippen LogP) is 21.9. The molecule has 0 rings (SSSR count). The van der Waals surface area contributed by atoms with Gasteiger partial charge in [-0.05, 0) is 83.5 Å². The van der Waals surface area contributed by atoms with Crippen LogP contribution < -0.4 is 0 Å². The smallest absolute Gasteiger partial charge is 0.306 e. The Bertz CT molecular complexity index is 1330. The largest absolute Gasteiger partial charge is 0.462 e. The van der Waals surface area contributed by atoms with Crippen molar-refractivity contribution < 1.29 is 28.6 Å². The van der Waals surface area contributed by atoms with Gasteiger partial charge in [-0.15, -0.1) is 0 Å². The summed E-state index contributed by atoms with van der Waals surface area (Å²) < 4.78 is 16.9. The van der Waals surface area contributed by atoms with E-state index in [0.29, 0.717) is 19.3 Å². The third-order valence-corrected chi connectivity index (χ3v) is 14.3. The second-order valence-corrected chi connectivity index (χ2v) is 21.6. The highest BCUT2D eigenvalue weighted by Crippen LogP contribution is 2.17. The van der Waals surface area contributed by atoms with E-state index in [1.54, 1.807) is 0 Å². The molecule has 0 amide bonds. The monoisotopic (exact) mass is 1030 g/mol. The Labute approximate surface area is 460 Å². The van der Waals surface area contributed by atoms with Crippen molar-refractivity contribution >= 4 is 17.9 Å². The normalized spacial score (nSPS) is 12.4. The first kappa shape index (κ1) is 71.1. The average molecular weight is 1040 g/mol. The van der Waals surface area contributed by atoms with Gasteiger partial charge in [-0.2, -0.15) is 0 Å². The van der Waals surface area contributed by atoms with Crippen LogP contribution in [0, 0.1) is 0 Å². The van der Waals surface area contributed by atoms with Crippen LogP contribution in [-0.2, 0) is 28.6 Å². The summed E-state index contributed by atoms with van der Waals surface area (Å²) in [5, 5.41) is 0. The number of hydrogen-bond acceptors (Lipinski definition) is 6. The summed E-state index contributed by atoms with van der Waals surface area (Å²) in [6.07, 6.45) is 79.5. The van der Waals surface area contributed by atoms with Gasteiger partial charge in [-0.3, -0.25) is 14.4 Å². The van der Waals surface area contributed by atoms with Crippen molar-refractivity contribution in [1.82, 2.24) is 0 Å². The van der Waals surface area contributed by atoms with Crippen LogP contribution >= 0.6 is 0 Å². The highest BCUT2D eigenvalue weighted by atomic mass is 16.6. The van der Waals surface area contributed by atoms with Crippen LogP contribution in [0.2, 0.25) is 0 Å². The van der Waals surface area contributed by atoms with Gasteiger partial charge >= 0.3 is 17.9 Å². The number of esters is 3. The third kappa shape index (κ3) is 60.0. The van der Waals surface area contributed by atoms with Gasteiger partial charge in [0, 0.05) is 19.3 Å². The predicted molar refractivity (Wildman–Crippen MR) is 321 cm³/mol. The molecule has 0 aromatic carbocycles. The van der Waals surface area contributed by atoms with Gasteiger partial charge in [-0.1, -0.05) is 293 Å². The van der Waals surface area contributed by atoms with E-state index >= 15 is 0 Å². The van der Waals surface area contributed by atoms with E-state index in [-0.39, 0.29) is 31.1 Å². The number of ether oxygens (including phenoxy) is 3. The zero-order valence-corrected chi connectivity index (χ0v) is 49.4. The first-order valence-electron chi connectivity index (χ1n) is 32.3. The Balaban J connectivity index is 4.27. The van der Waals surface area contributed by atoms with E-state index in [0.717, 1.165) is 96.3 Å². The molecule has 0 fully saturated rings. The molecule has 0 saturated heterocycles. The number of rotatable bonds is 59. The van der Waals surface area contributed by atoms with Crippen LogP contribution in [0.4, 0.5) is 0 Å². The molecule has 0 spiro atoms. The van der Waals surface area contributed by atoms with Crippen LogP contribution in [0.5, 0.6) is 0 Å². The topological polar surface area (TPSA) is 78.9 Å². The molecule has 0 aromatic rings. The lowest BCUT2D eigenvalue weighted by molar-refractivity contribution is -0.167. The highest BCUT2D eigenvalue weighted by Gasteiger charge is 2.19. The van der Waals surface area contributed by atoms with Crippen molar-refractivity contribution in [3.63, 3.8) is 0 Å². The molecule has 6 nitrogen and oxygen atoms in total. The number of unbranched alkanes of at least 4 members (excludes halogenated alkanes) is 38. The molecule has 0 aliphatic rings. The number of carbonyl (C=O) groups is 3. The SMILES string of the molecule is CC/C=C\C/C=C\C/C=C\C/C=C\CCCCCCCCC(=O)OC(COC(=O)CCCCCCCCCCCCCC)COC(=O)CCCCCCCCCCCCCCC/C=C\CCCCCCCCCC. The average Bonchev–Trinajstić information content (AvgIpc) is 3.40. The van der Waals surface area contributed by atoms with E-state index in [1.807, 2.05) is 0 Å². The van der Waals surface area contributed by atoms with Gasteiger partial charge in [0.15, 0.2) is 6.10 Å². The van der Waals surface area contributed by atoms with Crippen LogP contribution in [0.1, 0.15) is 335 Å².